The van der Waals surface area contributed by atoms with E-state index in [-0.39, 0.29) is 5.69 Å². The Balaban J connectivity index is 1.59. The molecule has 3 atom stereocenters. The van der Waals surface area contributed by atoms with Crippen molar-refractivity contribution >= 4 is 5.97 Å². The minimum absolute atomic E-state index is 0.0831. The number of esters is 1. The number of aliphatic hydroxyl groups is 3. The molecule has 2 aromatic carbocycles. The predicted molar refractivity (Wildman–Crippen MR) is 95.1 cm³/mol. The molecule has 0 spiro atoms. The Labute approximate surface area is 155 Å². The van der Waals surface area contributed by atoms with Gasteiger partial charge in [0, 0.05) is 0 Å². The Morgan fingerprint density at radius 1 is 1.00 bits per heavy atom. The third-order valence-corrected chi connectivity index (χ3v) is 3.91. The van der Waals surface area contributed by atoms with Crippen molar-refractivity contribution in [1.82, 2.24) is 15.0 Å². The maximum atomic E-state index is 11.9. The van der Waals surface area contributed by atoms with Gasteiger partial charge < -0.3 is 20.1 Å². The first kappa shape index (κ1) is 18.7. The van der Waals surface area contributed by atoms with Crippen molar-refractivity contribution in [2.24, 2.45) is 0 Å². The summed E-state index contributed by atoms with van der Waals surface area (Å²) in [6.07, 6.45) is -3.29. The summed E-state index contributed by atoms with van der Waals surface area (Å²) in [5.41, 5.74) is 1.09. The number of carbonyl (C=O) groups excluding carboxylic acids is 1. The molecule has 3 N–H and O–H groups in total. The topological polar surface area (TPSA) is 118 Å². The summed E-state index contributed by atoms with van der Waals surface area (Å²) < 4.78 is 4.97. The highest BCUT2D eigenvalue weighted by atomic mass is 16.5. The number of rotatable bonds is 7. The molecule has 0 fully saturated rings. The van der Waals surface area contributed by atoms with Crippen LogP contribution in [-0.4, -0.2) is 55.1 Å². The van der Waals surface area contributed by atoms with Crippen LogP contribution in [0.3, 0.4) is 0 Å². The van der Waals surface area contributed by atoms with Gasteiger partial charge in [-0.1, -0.05) is 36.4 Å². The molecule has 1 heterocycles. The van der Waals surface area contributed by atoms with Gasteiger partial charge in [0.2, 0.25) is 0 Å². The zero-order valence-electron chi connectivity index (χ0n) is 14.3. The lowest BCUT2D eigenvalue weighted by atomic mass is 10.1. The van der Waals surface area contributed by atoms with E-state index in [4.69, 9.17) is 4.74 Å². The molecule has 0 aliphatic carbocycles. The molecule has 0 aliphatic rings. The number of benzene rings is 2. The van der Waals surface area contributed by atoms with Gasteiger partial charge in [-0.2, -0.15) is 15.0 Å². The monoisotopic (exact) mass is 369 g/mol. The van der Waals surface area contributed by atoms with Gasteiger partial charge in [-0.25, -0.2) is 4.79 Å². The molecule has 3 aromatic rings. The number of aliphatic hydroxyl groups excluding tert-OH is 3. The maximum absolute atomic E-state index is 11.9. The van der Waals surface area contributed by atoms with Gasteiger partial charge in [-0.15, -0.1) is 0 Å². The molecule has 27 heavy (non-hydrogen) atoms. The Bertz CT molecular complexity index is 869. The van der Waals surface area contributed by atoms with E-state index < -0.39 is 30.9 Å². The fourth-order valence-electron chi connectivity index (χ4n) is 2.40. The molecule has 0 saturated carbocycles. The number of carbonyl (C=O) groups is 1. The lowest BCUT2D eigenvalue weighted by Crippen LogP contribution is -2.36. The average Bonchev–Trinajstić information content (AvgIpc) is 3.22. The summed E-state index contributed by atoms with van der Waals surface area (Å²) in [5, 5.41) is 38.5. The summed E-state index contributed by atoms with van der Waals surface area (Å²) in [6, 6.07) is 17.3. The van der Waals surface area contributed by atoms with E-state index >= 15 is 0 Å². The second-order valence-electron chi connectivity index (χ2n) is 5.86. The molecule has 8 nitrogen and oxygen atoms in total. The minimum atomic E-state index is -1.60. The molecular formula is C19H19N3O5. The van der Waals surface area contributed by atoms with Crippen molar-refractivity contribution in [1.29, 1.82) is 0 Å². The van der Waals surface area contributed by atoms with Crippen LogP contribution in [0.4, 0.5) is 0 Å². The molecule has 0 radical (unpaired) electrons. The Morgan fingerprint density at radius 2 is 1.63 bits per heavy atom. The van der Waals surface area contributed by atoms with Gasteiger partial charge in [-0.3, -0.25) is 0 Å². The first-order valence-electron chi connectivity index (χ1n) is 8.30. The maximum Gasteiger partial charge on any atom is 0.338 e. The fourth-order valence-corrected chi connectivity index (χ4v) is 2.40. The number of hydrogen-bond donors (Lipinski definition) is 3. The third-order valence-electron chi connectivity index (χ3n) is 3.91. The molecule has 1 aromatic heterocycles. The fraction of sp³-hybridized carbons (Fsp3) is 0.211. The van der Waals surface area contributed by atoms with E-state index in [1.165, 1.54) is 11.0 Å². The normalized spacial score (nSPS) is 14.3. The van der Waals surface area contributed by atoms with Crippen LogP contribution in [0, 0.1) is 0 Å². The van der Waals surface area contributed by atoms with Gasteiger partial charge in [-0.05, 0) is 24.3 Å². The molecule has 8 heteroatoms. The largest absolute Gasteiger partial charge is 0.459 e. The highest BCUT2D eigenvalue weighted by Gasteiger charge is 2.29. The van der Waals surface area contributed by atoms with Crippen LogP contribution in [0.5, 0.6) is 0 Å². The molecule has 0 amide bonds. The summed E-state index contributed by atoms with van der Waals surface area (Å²) in [6.45, 7) is -0.473. The van der Waals surface area contributed by atoms with Crippen molar-refractivity contribution in [3.63, 3.8) is 0 Å². The van der Waals surface area contributed by atoms with Crippen LogP contribution in [0.15, 0.2) is 66.9 Å². The van der Waals surface area contributed by atoms with E-state index in [1.54, 1.807) is 42.5 Å². The molecule has 140 valence electrons. The SMILES string of the molecule is O=C(OC[C@@H](O)[C@H](O)[C@H](O)c1cnn(-c2ccccc2)n1)c1ccccc1. The van der Waals surface area contributed by atoms with E-state index in [1.807, 2.05) is 18.2 Å². The first-order valence-corrected chi connectivity index (χ1v) is 8.30. The molecular weight excluding hydrogens is 350 g/mol. The summed E-state index contributed by atoms with van der Waals surface area (Å²) in [7, 11) is 0. The van der Waals surface area contributed by atoms with Crippen LogP contribution >= 0.6 is 0 Å². The van der Waals surface area contributed by atoms with Crippen LogP contribution in [0.1, 0.15) is 22.2 Å². The van der Waals surface area contributed by atoms with E-state index in [2.05, 4.69) is 10.2 Å². The van der Waals surface area contributed by atoms with Crippen molar-refractivity contribution in [3.8, 4) is 5.69 Å². The van der Waals surface area contributed by atoms with E-state index in [0.717, 1.165) is 0 Å². The zero-order chi connectivity index (χ0) is 19.2. The van der Waals surface area contributed by atoms with Crippen molar-refractivity contribution in [2.75, 3.05) is 6.61 Å². The number of nitrogens with zero attached hydrogens (tertiary/aromatic N) is 3. The van der Waals surface area contributed by atoms with Gasteiger partial charge in [0.25, 0.3) is 0 Å². The summed E-state index contributed by atoms with van der Waals surface area (Å²) in [5.74, 6) is -0.633. The third kappa shape index (κ3) is 4.56. The average molecular weight is 369 g/mol. The second-order valence-corrected chi connectivity index (χ2v) is 5.86. The minimum Gasteiger partial charge on any atom is -0.459 e. The number of para-hydroxylation sites is 1. The standard InChI is InChI=1S/C19H19N3O5/c23-16(12-27-19(26)13-7-3-1-4-8-13)18(25)17(24)15-11-20-22(21-15)14-9-5-2-6-10-14/h1-11,16-18,23-25H,12H2/t16-,17-,18+/m1/s1. The van der Waals surface area contributed by atoms with Gasteiger partial charge >= 0.3 is 5.97 Å². The number of ether oxygens (including phenoxy) is 1. The lowest BCUT2D eigenvalue weighted by Gasteiger charge is -2.21. The lowest BCUT2D eigenvalue weighted by molar-refractivity contribution is -0.0824. The van der Waals surface area contributed by atoms with Crippen LogP contribution in [0.25, 0.3) is 5.69 Å². The zero-order valence-corrected chi connectivity index (χ0v) is 14.3. The summed E-state index contributed by atoms with van der Waals surface area (Å²) >= 11 is 0. The number of aromatic nitrogens is 3. The van der Waals surface area contributed by atoms with Gasteiger partial charge in [0.15, 0.2) is 0 Å². The molecule has 0 saturated heterocycles. The van der Waals surface area contributed by atoms with E-state index in [0.29, 0.717) is 11.3 Å². The smallest absolute Gasteiger partial charge is 0.338 e. The molecule has 3 rings (SSSR count). The highest BCUT2D eigenvalue weighted by Crippen LogP contribution is 2.18. The van der Waals surface area contributed by atoms with Crippen LogP contribution < -0.4 is 0 Å². The van der Waals surface area contributed by atoms with E-state index in [9.17, 15) is 20.1 Å². The summed E-state index contributed by atoms with van der Waals surface area (Å²) in [4.78, 5) is 13.2. The van der Waals surface area contributed by atoms with Crippen LogP contribution in [-0.2, 0) is 4.74 Å². The Morgan fingerprint density at radius 3 is 2.30 bits per heavy atom. The molecule has 0 unspecified atom stereocenters. The second kappa shape index (κ2) is 8.54. The first-order chi connectivity index (χ1) is 13.1. The van der Waals surface area contributed by atoms with Crippen molar-refractivity contribution < 1.29 is 24.9 Å². The van der Waals surface area contributed by atoms with Gasteiger partial charge in [0.1, 0.15) is 30.6 Å². The van der Waals surface area contributed by atoms with Gasteiger partial charge in [0.05, 0.1) is 17.4 Å². The Hall–Kier alpha value is -3.07. The molecule has 0 aliphatic heterocycles. The Kier molecular flexibility index (Phi) is 5.92. The number of hydrogen-bond acceptors (Lipinski definition) is 7. The highest BCUT2D eigenvalue weighted by molar-refractivity contribution is 5.89. The predicted octanol–water partition coefficient (Wildman–Crippen LogP) is 0.879. The van der Waals surface area contributed by atoms with Crippen LogP contribution in [0.2, 0.25) is 0 Å². The van der Waals surface area contributed by atoms with Crippen molar-refractivity contribution in [3.05, 3.63) is 78.1 Å². The molecule has 0 bridgehead atoms. The van der Waals surface area contributed by atoms with Crippen molar-refractivity contribution in [2.45, 2.75) is 18.3 Å². The quantitative estimate of drug-likeness (QED) is 0.529.